The van der Waals surface area contributed by atoms with Gasteiger partial charge in [-0.15, -0.1) is 0 Å². The van der Waals surface area contributed by atoms with Crippen LogP contribution in [0.3, 0.4) is 0 Å². The lowest BCUT2D eigenvalue weighted by molar-refractivity contribution is -0.136. The third-order valence-electron chi connectivity index (χ3n) is 2.65. The topological polar surface area (TPSA) is 55.1 Å². The highest BCUT2D eigenvalue weighted by Crippen LogP contribution is 2.15. The molecular weight excluding hydrogens is 204 g/mol. The fraction of sp³-hybridized carbons (Fsp3) is 0.333. The summed E-state index contributed by atoms with van der Waals surface area (Å²) in [5.74, 6) is -0.765. The van der Waals surface area contributed by atoms with Crippen LogP contribution in [0.25, 0.3) is 11.0 Å². The molecular formula is C12H14N2O2. The van der Waals surface area contributed by atoms with Crippen molar-refractivity contribution in [3.63, 3.8) is 0 Å². The van der Waals surface area contributed by atoms with Gasteiger partial charge in [-0.25, -0.2) is 4.98 Å². The van der Waals surface area contributed by atoms with E-state index in [1.165, 1.54) is 0 Å². The molecule has 0 aliphatic carbocycles. The second kappa shape index (κ2) is 4.35. The normalized spacial score (nSPS) is 10.8. The summed E-state index contributed by atoms with van der Waals surface area (Å²) < 4.78 is 2.07. The van der Waals surface area contributed by atoms with E-state index in [1.807, 2.05) is 24.5 Å². The number of rotatable bonds is 4. The molecule has 16 heavy (non-hydrogen) atoms. The fourth-order valence-electron chi connectivity index (χ4n) is 1.77. The van der Waals surface area contributed by atoms with Crippen LogP contribution in [0.15, 0.2) is 24.5 Å². The Kier molecular flexibility index (Phi) is 2.90. The first kappa shape index (κ1) is 10.7. The van der Waals surface area contributed by atoms with Gasteiger partial charge in [0.1, 0.15) is 0 Å². The van der Waals surface area contributed by atoms with Gasteiger partial charge < -0.3 is 9.67 Å². The SMILES string of the molecule is CCn1cnc2cc(CCC(=O)O)ccc21. The fourth-order valence-corrected chi connectivity index (χ4v) is 1.77. The molecule has 4 nitrogen and oxygen atoms in total. The van der Waals surface area contributed by atoms with Crippen molar-refractivity contribution >= 4 is 17.0 Å². The summed E-state index contributed by atoms with van der Waals surface area (Å²) in [5, 5.41) is 8.61. The molecule has 0 aliphatic heterocycles. The van der Waals surface area contributed by atoms with E-state index in [4.69, 9.17) is 5.11 Å². The van der Waals surface area contributed by atoms with Crippen LogP contribution in [-0.4, -0.2) is 20.6 Å². The number of aromatic nitrogens is 2. The Morgan fingerprint density at radius 1 is 1.50 bits per heavy atom. The highest BCUT2D eigenvalue weighted by atomic mass is 16.4. The summed E-state index contributed by atoms with van der Waals surface area (Å²) in [4.78, 5) is 14.8. The average molecular weight is 218 g/mol. The van der Waals surface area contributed by atoms with Gasteiger partial charge >= 0.3 is 5.97 Å². The molecule has 1 aromatic heterocycles. The Balaban J connectivity index is 2.27. The standard InChI is InChI=1S/C12H14N2O2/c1-2-14-8-13-10-7-9(3-5-11(10)14)4-6-12(15)16/h3,5,7-8H,2,4,6H2,1H3,(H,15,16). The van der Waals surface area contributed by atoms with Crippen molar-refractivity contribution in [2.45, 2.75) is 26.3 Å². The molecule has 0 atom stereocenters. The molecule has 0 aliphatic rings. The minimum atomic E-state index is -0.765. The highest BCUT2D eigenvalue weighted by molar-refractivity contribution is 5.76. The minimum absolute atomic E-state index is 0.167. The Bertz CT molecular complexity index is 517. The molecule has 0 amide bonds. The number of benzene rings is 1. The first-order valence-electron chi connectivity index (χ1n) is 5.36. The van der Waals surface area contributed by atoms with Gasteiger partial charge in [0.05, 0.1) is 17.4 Å². The third kappa shape index (κ3) is 2.05. The smallest absolute Gasteiger partial charge is 0.303 e. The molecule has 4 heteroatoms. The van der Waals surface area contributed by atoms with E-state index in [1.54, 1.807) is 0 Å². The van der Waals surface area contributed by atoms with Gasteiger partial charge in [0, 0.05) is 13.0 Å². The zero-order chi connectivity index (χ0) is 11.5. The van der Waals surface area contributed by atoms with Gasteiger partial charge in [-0.05, 0) is 31.0 Å². The zero-order valence-electron chi connectivity index (χ0n) is 9.18. The van der Waals surface area contributed by atoms with Gasteiger partial charge in [0.15, 0.2) is 0 Å². The molecule has 1 heterocycles. The molecule has 84 valence electrons. The zero-order valence-corrected chi connectivity index (χ0v) is 9.18. The summed E-state index contributed by atoms with van der Waals surface area (Å²) in [6.07, 6.45) is 2.54. The van der Waals surface area contributed by atoms with Crippen molar-refractivity contribution in [3.8, 4) is 0 Å². The van der Waals surface area contributed by atoms with Gasteiger partial charge in [-0.3, -0.25) is 4.79 Å². The molecule has 0 bridgehead atoms. The van der Waals surface area contributed by atoms with Gasteiger partial charge in [0.25, 0.3) is 0 Å². The monoisotopic (exact) mass is 218 g/mol. The first-order valence-corrected chi connectivity index (χ1v) is 5.36. The van der Waals surface area contributed by atoms with Crippen LogP contribution in [0.2, 0.25) is 0 Å². The quantitative estimate of drug-likeness (QED) is 0.854. The lowest BCUT2D eigenvalue weighted by atomic mass is 10.1. The Morgan fingerprint density at radius 3 is 3.00 bits per heavy atom. The number of carboxylic acids is 1. The second-order valence-corrected chi connectivity index (χ2v) is 3.75. The number of nitrogens with zero attached hydrogens (tertiary/aromatic N) is 2. The van der Waals surface area contributed by atoms with Crippen LogP contribution in [0, 0.1) is 0 Å². The maximum Gasteiger partial charge on any atom is 0.303 e. The molecule has 0 unspecified atom stereocenters. The first-order chi connectivity index (χ1) is 7.70. The maximum absolute atomic E-state index is 10.5. The maximum atomic E-state index is 10.5. The largest absolute Gasteiger partial charge is 0.481 e. The lowest BCUT2D eigenvalue weighted by Crippen LogP contribution is -1.97. The van der Waals surface area contributed by atoms with Crippen molar-refractivity contribution < 1.29 is 9.90 Å². The van der Waals surface area contributed by atoms with Crippen molar-refractivity contribution in [2.75, 3.05) is 0 Å². The molecule has 2 rings (SSSR count). The summed E-state index contributed by atoms with van der Waals surface area (Å²) in [7, 11) is 0. The molecule has 0 saturated carbocycles. The summed E-state index contributed by atoms with van der Waals surface area (Å²) >= 11 is 0. The van der Waals surface area contributed by atoms with Gasteiger partial charge in [-0.1, -0.05) is 6.07 Å². The third-order valence-corrected chi connectivity index (χ3v) is 2.65. The number of aryl methyl sites for hydroxylation is 2. The van der Waals surface area contributed by atoms with Crippen molar-refractivity contribution in [2.24, 2.45) is 0 Å². The highest BCUT2D eigenvalue weighted by Gasteiger charge is 2.04. The summed E-state index contributed by atoms with van der Waals surface area (Å²) in [6.45, 7) is 2.96. The van der Waals surface area contributed by atoms with Crippen molar-refractivity contribution in [3.05, 3.63) is 30.1 Å². The van der Waals surface area contributed by atoms with Crippen molar-refractivity contribution in [1.29, 1.82) is 0 Å². The van der Waals surface area contributed by atoms with E-state index in [9.17, 15) is 4.79 Å². The van der Waals surface area contributed by atoms with E-state index in [0.717, 1.165) is 23.1 Å². The Morgan fingerprint density at radius 2 is 2.31 bits per heavy atom. The molecule has 1 aromatic carbocycles. The molecule has 2 aromatic rings. The van der Waals surface area contributed by atoms with E-state index >= 15 is 0 Å². The molecule has 0 spiro atoms. The lowest BCUT2D eigenvalue weighted by Gasteiger charge is -2.01. The van der Waals surface area contributed by atoms with Crippen LogP contribution >= 0.6 is 0 Å². The summed E-state index contributed by atoms with van der Waals surface area (Å²) in [6, 6.07) is 5.94. The molecule has 1 N–H and O–H groups in total. The van der Waals surface area contributed by atoms with E-state index in [0.29, 0.717) is 6.42 Å². The van der Waals surface area contributed by atoms with E-state index < -0.39 is 5.97 Å². The Hall–Kier alpha value is -1.84. The number of hydrogen-bond acceptors (Lipinski definition) is 2. The van der Waals surface area contributed by atoms with E-state index in [-0.39, 0.29) is 6.42 Å². The molecule has 0 radical (unpaired) electrons. The number of imidazole rings is 1. The number of hydrogen-bond donors (Lipinski definition) is 1. The van der Waals surface area contributed by atoms with Crippen molar-refractivity contribution in [1.82, 2.24) is 9.55 Å². The van der Waals surface area contributed by atoms with Crippen LogP contribution in [0.5, 0.6) is 0 Å². The number of carbonyl (C=O) groups is 1. The van der Waals surface area contributed by atoms with Crippen LogP contribution in [0.4, 0.5) is 0 Å². The predicted molar refractivity (Wildman–Crippen MR) is 61.4 cm³/mol. The average Bonchev–Trinajstić information content (AvgIpc) is 2.68. The van der Waals surface area contributed by atoms with Crippen LogP contribution in [0.1, 0.15) is 18.9 Å². The van der Waals surface area contributed by atoms with Crippen LogP contribution in [-0.2, 0) is 17.8 Å². The number of fused-ring (bicyclic) bond motifs is 1. The van der Waals surface area contributed by atoms with E-state index in [2.05, 4.69) is 16.5 Å². The molecule has 0 saturated heterocycles. The van der Waals surface area contributed by atoms with Gasteiger partial charge in [-0.2, -0.15) is 0 Å². The van der Waals surface area contributed by atoms with Gasteiger partial charge in [0.2, 0.25) is 0 Å². The minimum Gasteiger partial charge on any atom is -0.481 e. The number of carboxylic acid groups (broad SMARTS) is 1. The number of aliphatic carboxylic acids is 1. The summed E-state index contributed by atoms with van der Waals surface area (Å²) in [5.41, 5.74) is 3.06. The Labute approximate surface area is 93.5 Å². The predicted octanol–water partition coefficient (Wildman–Crippen LogP) is 2.07. The second-order valence-electron chi connectivity index (χ2n) is 3.75. The van der Waals surface area contributed by atoms with Crippen LogP contribution < -0.4 is 0 Å². The molecule has 0 fully saturated rings.